The highest BCUT2D eigenvalue weighted by molar-refractivity contribution is 6.26. The lowest BCUT2D eigenvalue weighted by molar-refractivity contribution is 1.06. The maximum atomic E-state index is 5.40. The van der Waals surface area contributed by atoms with Gasteiger partial charge in [-0.05, 0) is 60.7 Å². The van der Waals surface area contributed by atoms with Crippen molar-refractivity contribution in [3.05, 3.63) is 218 Å². The van der Waals surface area contributed by atoms with Gasteiger partial charge in [-0.25, -0.2) is 15.0 Å². The third kappa shape index (κ3) is 5.41. The summed E-state index contributed by atoms with van der Waals surface area (Å²) in [7, 11) is 0. The summed E-state index contributed by atoms with van der Waals surface area (Å²) < 4.78 is 7.24. The van der Waals surface area contributed by atoms with Gasteiger partial charge in [-0.2, -0.15) is 0 Å². The molecule has 6 heteroatoms. The Morgan fingerprint density at radius 2 is 0.730 bits per heavy atom. The number of nitrogens with zero attached hydrogens (tertiary/aromatic N) is 6. The summed E-state index contributed by atoms with van der Waals surface area (Å²) in [4.78, 5) is 15.9. The lowest BCUT2D eigenvalue weighted by Gasteiger charge is -2.17. The van der Waals surface area contributed by atoms with Crippen LogP contribution in [0.25, 0.3) is 117 Å². The van der Waals surface area contributed by atoms with Crippen LogP contribution in [0.2, 0.25) is 0 Å². The lowest BCUT2D eigenvalue weighted by atomic mass is 10.0. The van der Waals surface area contributed by atoms with Crippen LogP contribution in [0.5, 0.6) is 0 Å². The Morgan fingerprint density at radius 1 is 0.286 bits per heavy atom. The van der Waals surface area contributed by atoms with E-state index in [0.717, 1.165) is 72.2 Å². The summed E-state index contributed by atoms with van der Waals surface area (Å²) in [5.41, 5.74) is 12.6. The van der Waals surface area contributed by atoms with Crippen LogP contribution >= 0.6 is 0 Å². The fourth-order valence-corrected chi connectivity index (χ4v) is 9.77. The topological polar surface area (TPSA) is 53.5 Å². The first-order chi connectivity index (χ1) is 31.3. The van der Waals surface area contributed by atoms with Crippen molar-refractivity contribution in [2.24, 2.45) is 0 Å². The first-order valence-electron chi connectivity index (χ1n) is 21.3. The third-order valence-corrected chi connectivity index (χ3v) is 12.5. The number of aromatic nitrogens is 6. The van der Waals surface area contributed by atoms with Gasteiger partial charge in [0.05, 0.1) is 38.8 Å². The van der Waals surface area contributed by atoms with E-state index in [4.69, 9.17) is 15.0 Å². The highest BCUT2D eigenvalue weighted by atomic mass is 15.1. The zero-order chi connectivity index (χ0) is 41.4. The van der Waals surface area contributed by atoms with E-state index in [1.165, 1.54) is 26.9 Å². The molecule has 0 unspecified atom stereocenters. The van der Waals surface area contributed by atoms with Gasteiger partial charge in [-0.3, -0.25) is 0 Å². The van der Waals surface area contributed by atoms with Crippen LogP contribution in [0.1, 0.15) is 0 Å². The second-order valence-corrected chi connectivity index (χ2v) is 16.0. The maximum Gasteiger partial charge on any atom is 0.166 e. The zero-order valence-electron chi connectivity index (χ0n) is 34.0. The van der Waals surface area contributed by atoms with E-state index in [1.54, 1.807) is 0 Å². The number of para-hydroxylation sites is 5. The van der Waals surface area contributed by atoms with Crippen molar-refractivity contribution in [3.63, 3.8) is 0 Å². The van der Waals surface area contributed by atoms with E-state index >= 15 is 0 Å². The smallest absolute Gasteiger partial charge is 0.166 e. The summed E-state index contributed by atoms with van der Waals surface area (Å²) in [5.74, 6) is 1.82. The summed E-state index contributed by atoms with van der Waals surface area (Å²) in [6, 6.07) is 77.3. The zero-order valence-corrected chi connectivity index (χ0v) is 34.0. The average Bonchev–Trinajstić information content (AvgIpc) is 4.00. The molecule has 4 aromatic heterocycles. The molecule has 0 spiro atoms. The molecule has 0 aliphatic heterocycles. The standard InChI is InChI=1S/C57H36N6/c1-5-19-37(20-6-1)55-58-56(38-21-7-2-8-22-38)60-57(59-55)46-36-51-45(42-28-14-16-30-47(42)62(51)40-25-11-4-12-26-40)35-52(46)63-48-31-17-13-27-41(48)43-33-34-50-53(54(43)63)44-29-15-18-32-49(44)61(50)39-23-9-3-10-24-39/h1-36H. The van der Waals surface area contributed by atoms with Crippen LogP contribution in [0, 0.1) is 0 Å². The van der Waals surface area contributed by atoms with Gasteiger partial charge in [0.2, 0.25) is 0 Å². The predicted octanol–water partition coefficient (Wildman–Crippen LogP) is 14.2. The summed E-state index contributed by atoms with van der Waals surface area (Å²) in [5, 5.41) is 7.03. The predicted molar refractivity (Wildman–Crippen MR) is 259 cm³/mol. The molecular formula is C57H36N6. The molecule has 0 saturated heterocycles. The monoisotopic (exact) mass is 804 g/mol. The minimum absolute atomic E-state index is 0.592. The van der Waals surface area contributed by atoms with Crippen LogP contribution in [0.4, 0.5) is 0 Å². The molecule has 0 saturated carbocycles. The molecule has 13 rings (SSSR count). The number of benzene rings is 9. The second-order valence-electron chi connectivity index (χ2n) is 16.0. The number of fused-ring (bicyclic) bond motifs is 10. The van der Waals surface area contributed by atoms with Gasteiger partial charge in [-0.1, -0.05) is 158 Å². The number of rotatable bonds is 6. The van der Waals surface area contributed by atoms with E-state index in [1.807, 2.05) is 36.4 Å². The number of hydrogen-bond donors (Lipinski definition) is 0. The molecule has 6 nitrogen and oxygen atoms in total. The van der Waals surface area contributed by atoms with Crippen molar-refractivity contribution < 1.29 is 0 Å². The molecule has 294 valence electrons. The van der Waals surface area contributed by atoms with Crippen LogP contribution in [-0.2, 0) is 0 Å². The van der Waals surface area contributed by atoms with E-state index in [0.29, 0.717) is 17.5 Å². The maximum absolute atomic E-state index is 5.40. The van der Waals surface area contributed by atoms with E-state index in [9.17, 15) is 0 Å². The average molecular weight is 805 g/mol. The van der Waals surface area contributed by atoms with Gasteiger partial charge >= 0.3 is 0 Å². The quantitative estimate of drug-likeness (QED) is 0.168. The van der Waals surface area contributed by atoms with Crippen LogP contribution in [0.15, 0.2) is 218 Å². The Morgan fingerprint density at radius 3 is 1.32 bits per heavy atom. The molecular weight excluding hydrogens is 769 g/mol. The van der Waals surface area contributed by atoms with Gasteiger partial charge in [0.15, 0.2) is 17.5 Å². The SMILES string of the molecule is c1ccc(-c2nc(-c3ccccc3)nc(-c3cc4c(cc3-n3c5ccccc5c5ccc6c(c7ccccc7n6-c6ccccc6)c53)c3ccccc3n4-c3ccccc3)n2)cc1. The first kappa shape index (κ1) is 35.2. The minimum atomic E-state index is 0.592. The minimum Gasteiger partial charge on any atom is -0.309 e. The Labute approximate surface area is 362 Å². The van der Waals surface area contributed by atoms with Crippen molar-refractivity contribution in [2.75, 3.05) is 0 Å². The molecule has 4 heterocycles. The van der Waals surface area contributed by atoms with Crippen molar-refractivity contribution in [3.8, 4) is 51.2 Å². The van der Waals surface area contributed by atoms with Gasteiger partial charge in [0.1, 0.15) is 0 Å². The molecule has 0 bridgehead atoms. The fourth-order valence-electron chi connectivity index (χ4n) is 9.77. The molecule has 0 aliphatic carbocycles. The van der Waals surface area contributed by atoms with Crippen LogP contribution < -0.4 is 0 Å². The molecule has 0 aliphatic rings. The summed E-state index contributed by atoms with van der Waals surface area (Å²) in [6.07, 6.45) is 0. The molecule has 0 amide bonds. The normalized spacial score (nSPS) is 11.8. The third-order valence-electron chi connectivity index (χ3n) is 12.5. The number of hydrogen-bond acceptors (Lipinski definition) is 3. The molecule has 13 aromatic rings. The molecule has 0 fully saturated rings. The van der Waals surface area contributed by atoms with Crippen molar-refractivity contribution in [1.82, 2.24) is 28.7 Å². The molecule has 0 N–H and O–H groups in total. The highest BCUT2D eigenvalue weighted by Gasteiger charge is 2.26. The van der Waals surface area contributed by atoms with Gasteiger partial charge < -0.3 is 13.7 Å². The van der Waals surface area contributed by atoms with E-state index in [-0.39, 0.29) is 0 Å². The van der Waals surface area contributed by atoms with Gasteiger partial charge in [-0.15, -0.1) is 0 Å². The molecule has 0 atom stereocenters. The van der Waals surface area contributed by atoms with Crippen molar-refractivity contribution in [1.29, 1.82) is 0 Å². The molecule has 0 radical (unpaired) electrons. The second kappa shape index (κ2) is 14.0. The van der Waals surface area contributed by atoms with Crippen LogP contribution in [0.3, 0.4) is 0 Å². The molecule has 9 aromatic carbocycles. The lowest BCUT2D eigenvalue weighted by Crippen LogP contribution is -2.04. The largest absolute Gasteiger partial charge is 0.309 e. The highest BCUT2D eigenvalue weighted by Crippen LogP contribution is 2.45. The summed E-state index contributed by atoms with van der Waals surface area (Å²) in [6.45, 7) is 0. The fraction of sp³-hybridized carbons (Fsp3) is 0. The van der Waals surface area contributed by atoms with Gasteiger partial charge in [0, 0.05) is 60.4 Å². The Bertz CT molecular complexity index is 3830. The van der Waals surface area contributed by atoms with Crippen molar-refractivity contribution in [2.45, 2.75) is 0 Å². The first-order valence-corrected chi connectivity index (χ1v) is 21.3. The Kier molecular flexibility index (Phi) is 7.80. The van der Waals surface area contributed by atoms with Gasteiger partial charge in [0.25, 0.3) is 0 Å². The Hall–Kier alpha value is -8.61. The Balaban J connectivity index is 1.23. The van der Waals surface area contributed by atoms with E-state index in [2.05, 4.69) is 196 Å². The van der Waals surface area contributed by atoms with Crippen LogP contribution in [-0.4, -0.2) is 28.7 Å². The van der Waals surface area contributed by atoms with Crippen molar-refractivity contribution >= 4 is 65.4 Å². The molecule has 63 heavy (non-hydrogen) atoms. The summed E-state index contributed by atoms with van der Waals surface area (Å²) >= 11 is 0. The van der Waals surface area contributed by atoms with E-state index < -0.39 is 0 Å².